The lowest BCUT2D eigenvalue weighted by Gasteiger charge is -2.09. The highest BCUT2D eigenvalue weighted by molar-refractivity contribution is 5.86. The number of nitrogens with zero attached hydrogens (tertiary/aromatic N) is 1. The van der Waals surface area contributed by atoms with Crippen molar-refractivity contribution in [3.63, 3.8) is 0 Å². The van der Waals surface area contributed by atoms with E-state index in [1.807, 2.05) is 30.3 Å². The van der Waals surface area contributed by atoms with Crippen LogP contribution in [0.5, 0.6) is 5.75 Å². The van der Waals surface area contributed by atoms with Gasteiger partial charge in [-0.05, 0) is 35.4 Å². The van der Waals surface area contributed by atoms with Gasteiger partial charge in [-0.2, -0.15) is 0 Å². The summed E-state index contributed by atoms with van der Waals surface area (Å²) in [4.78, 5) is 11.2. The zero-order chi connectivity index (χ0) is 15.5. The minimum absolute atomic E-state index is 0.0410. The Morgan fingerprint density at radius 3 is 2.00 bits per heavy atom. The molecule has 0 bridgehead atoms. The van der Waals surface area contributed by atoms with Gasteiger partial charge in [0.25, 0.3) is 5.69 Å². The Balaban J connectivity index is 2.26. The smallest absolute Gasteiger partial charge is 0.284 e. The Labute approximate surface area is 127 Å². The number of hydrogen-bond donors (Lipinski definition) is 1. The molecule has 0 amide bonds. The first kappa shape index (κ1) is 13.8. The Kier molecular flexibility index (Phi) is 3.58. The fourth-order valence-corrected chi connectivity index (χ4v) is 2.50. The van der Waals surface area contributed by atoms with E-state index in [0.29, 0.717) is 16.7 Å². The topological polar surface area (TPSA) is 63.4 Å². The number of phenols is 1. The number of nitro benzene ring substituents is 1. The van der Waals surface area contributed by atoms with Crippen LogP contribution in [-0.2, 0) is 0 Å². The van der Waals surface area contributed by atoms with E-state index >= 15 is 0 Å². The Bertz CT molecular complexity index is 829. The van der Waals surface area contributed by atoms with Crippen molar-refractivity contribution in [2.75, 3.05) is 0 Å². The fourth-order valence-electron chi connectivity index (χ4n) is 2.50. The lowest BCUT2D eigenvalue weighted by molar-refractivity contribution is -0.383. The van der Waals surface area contributed by atoms with Crippen molar-refractivity contribution in [3.8, 4) is 28.0 Å². The molecule has 1 N–H and O–H groups in total. The third kappa shape index (κ3) is 2.54. The molecule has 0 aliphatic carbocycles. The summed E-state index contributed by atoms with van der Waals surface area (Å²) in [6.07, 6.45) is 0. The Morgan fingerprint density at radius 1 is 0.773 bits per heavy atom. The lowest BCUT2D eigenvalue weighted by atomic mass is 9.96. The summed E-state index contributed by atoms with van der Waals surface area (Å²) in [5, 5.41) is 21.2. The molecule has 0 aliphatic heterocycles. The van der Waals surface area contributed by atoms with Gasteiger partial charge in [0.05, 0.1) is 16.1 Å². The summed E-state index contributed by atoms with van der Waals surface area (Å²) in [6, 6.07) is 20.9. The first-order valence-corrected chi connectivity index (χ1v) is 6.79. The molecule has 0 aromatic heterocycles. The third-order valence-corrected chi connectivity index (χ3v) is 3.46. The van der Waals surface area contributed by atoms with E-state index in [2.05, 4.69) is 0 Å². The highest BCUT2D eigenvalue weighted by Crippen LogP contribution is 2.39. The van der Waals surface area contributed by atoms with Crippen LogP contribution >= 0.6 is 0 Å². The van der Waals surface area contributed by atoms with Crippen LogP contribution < -0.4 is 0 Å². The molecule has 0 aliphatic rings. The molecule has 4 nitrogen and oxygen atoms in total. The van der Waals surface area contributed by atoms with Gasteiger partial charge in [-0.3, -0.25) is 10.1 Å². The molecule has 0 saturated heterocycles. The number of nitro groups is 1. The molecule has 22 heavy (non-hydrogen) atoms. The van der Waals surface area contributed by atoms with Crippen molar-refractivity contribution >= 4 is 5.69 Å². The van der Waals surface area contributed by atoms with Crippen LogP contribution in [0.25, 0.3) is 22.3 Å². The monoisotopic (exact) mass is 291 g/mol. The minimum atomic E-state index is -0.373. The van der Waals surface area contributed by atoms with Crippen molar-refractivity contribution in [2.24, 2.45) is 0 Å². The summed E-state index contributed by atoms with van der Waals surface area (Å²) in [6.45, 7) is 0. The predicted octanol–water partition coefficient (Wildman–Crippen LogP) is 4.63. The van der Waals surface area contributed by atoms with Gasteiger partial charge in [0.15, 0.2) is 0 Å². The second-order valence-corrected chi connectivity index (χ2v) is 4.88. The summed E-state index contributed by atoms with van der Waals surface area (Å²) in [5.41, 5.74) is 2.49. The maximum absolute atomic E-state index is 11.6. The summed E-state index contributed by atoms with van der Waals surface area (Å²) >= 11 is 0. The van der Waals surface area contributed by atoms with E-state index < -0.39 is 0 Å². The lowest BCUT2D eigenvalue weighted by Crippen LogP contribution is -1.95. The standard InChI is InChI=1S/C18H13NO3/c20-15-9-4-8-14(12-15)17-11-5-10-16(18(17)19(21)22)13-6-2-1-3-7-13/h1-12,20H. The maximum Gasteiger partial charge on any atom is 0.284 e. The first-order valence-electron chi connectivity index (χ1n) is 6.79. The number of hydrogen-bond acceptors (Lipinski definition) is 3. The quantitative estimate of drug-likeness (QED) is 0.565. The van der Waals surface area contributed by atoms with E-state index in [0.717, 1.165) is 5.56 Å². The molecule has 0 spiro atoms. The molecular formula is C18H13NO3. The van der Waals surface area contributed by atoms with Gasteiger partial charge < -0.3 is 5.11 Å². The van der Waals surface area contributed by atoms with E-state index in [1.165, 1.54) is 12.1 Å². The van der Waals surface area contributed by atoms with Crippen molar-refractivity contribution in [1.82, 2.24) is 0 Å². The average Bonchev–Trinajstić information content (AvgIpc) is 2.55. The van der Waals surface area contributed by atoms with Crippen LogP contribution in [0.4, 0.5) is 5.69 Å². The Morgan fingerprint density at radius 2 is 1.36 bits per heavy atom. The van der Waals surface area contributed by atoms with Gasteiger partial charge in [0.2, 0.25) is 0 Å². The largest absolute Gasteiger partial charge is 0.508 e. The summed E-state index contributed by atoms with van der Waals surface area (Å²) < 4.78 is 0. The molecule has 3 aromatic carbocycles. The zero-order valence-electron chi connectivity index (χ0n) is 11.6. The second-order valence-electron chi connectivity index (χ2n) is 4.88. The van der Waals surface area contributed by atoms with Gasteiger partial charge in [-0.25, -0.2) is 0 Å². The molecule has 0 fully saturated rings. The number of benzene rings is 3. The number of para-hydroxylation sites is 1. The normalized spacial score (nSPS) is 10.4. The van der Waals surface area contributed by atoms with Crippen LogP contribution in [0.15, 0.2) is 72.8 Å². The molecule has 0 unspecified atom stereocenters. The van der Waals surface area contributed by atoms with Crippen molar-refractivity contribution < 1.29 is 10.0 Å². The van der Waals surface area contributed by atoms with Crippen LogP contribution in [0.1, 0.15) is 0 Å². The van der Waals surface area contributed by atoms with E-state index in [-0.39, 0.29) is 16.4 Å². The van der Waals surface area contributed by atoms with Crippen molar-refractivity contribution in [1.29, 1.82) is 0 Å². The van der Waals surface area contributed by atoms with Crippen LogP contribution in [0.3, 0.4) is 0 Å². The van der Waals surface area contributed by atoms with E-state index in [4.69, 9.17) is 0 Å². The van der Waals surface area contributed by atoms with Crippen molar-refractivity contribution in [3.05, 3.63) is 82.9 Å². The number of rotatable bonds is 3. The molecule has 3 rings (SSSR count). The third-order valence-electron chi connectivity index (χ3n) is 3.46. The molecule has 108 valence electrons. The summed E-state index contributed by atoms with van der Waals surface area (Å²) in [5.74, 6) is 0.0805. The van der Waals surface area contributed by atoms with Gasteiger partial charge in [0.1, 0.15) is 5.75 Å². The van der Waals surface area contributed by atoms with Crippen LogP contribution in [0, 0.1) is 10.1 Å². The number of phenolic OH excluding ortho intramolecular Hbond substituents is 1. The Hall–Kier alpha value is -3.14. The van der Waals surface area contributed by atoms with Gasteiger partial charge in [-0.15, -0.1) is 0 Å². The maximum atomic E-state index is 11.6. The van der Waals surface area contributed by atoms with Crippen LogP contribution in [-0.4, -0.2) is 10.0 Å². The SMILES string of the molecule is O=[N+]([O-])c1c(-c2ccccc2)cccc1-c1cccc(O)c1. The molecule has 4 heteroatoms. The molecule has 0 atom stereocenters. The highest BCUT2D eigenvalue weighted by Gasteiger charge is 2.21. The molecule has 0 saturated carbocycles. The van der Waals surface area contributed by atoms with E-state index in [9.17, 15) is 15.2 Å². The number of aromatic hydroxyl groups is 1. The fraction of sp³-hybridized carbons (Fsp3) is 0. The van der Waals surface area contributed by atoms with Gasteiger partial charge in [0, 0.05) is 0 Å². The summed E-state index contributed by atoms with van der Waals surface area (Å²) in [7, 11) is 0. The van der Waals surface area contributed by atoms with Crippen molar-refractivity contribution in [2.45, 2.75) is 0 Å². The first-order chi connectivity index (χ1) is 10.7. The molecule has 3 aromatic rings. The van der Waals surface area contributed by atoms with Gasteiger partial charge in [-0.1, -0.05) is 48.5 Å². The predicted molar refractivity (Wildman–Crippen MR) is 85.6 cm³/mol. The zero-order valence-corrected chi connectivity index (χ0v) is 11.6. The molecule has 0 heterocycles. The average molecular weight is 291 g/mol. The van der Waals surface area contributed by atoms with Gasteiger partial charge >= 0.3 is 0 Å². The van der Waals surface area contributed by atoms with E-state index in [1.54, 1.807) is 30.3 Å². The molecule has 0 radical (unpaired) electrons. The van der Waals surface area contributed by atoms with Crippen LogP contribution in [0.2, 0.25) is 0 Å². The minimum Gasteiger partial charge on any atom is -0.508 e. The molecular weight excluding hydrogens is 278 g/mol. The second kappa shape index (κ2) is 5.69. The highest BCUT2D eigenvalue weighted by atomic mass is 16.6.